The summed E-state index contributed by atoms with van der Waals surface area (Å²) < 4.78 is 53.7. The molecule has 9 nitrogen and oxygen atoms in total. The van der Waals surface area contributed by atoms with E-state index in [1.54, 1.807) is 43.3 Å². The Morgan fingerprint density at radius 2 is 1.90 bits per heavy atom. The molecular weight excluding hydrogens is 549 g/mol. The first kappa shape index (κ1) is 26.8. The van der Waals surface area contributed by atoms with E-state index < -0.39 is 12.1 Å². The molecule has 5 aromatic rings. The molecule has 6 rings (SSSR count). The van der Waals surface area contributed by atoms with Crippen LogP contribution >= 0.6 is 0 Å². The van der Waals surface area contributed by atoms with Crippen LogP contribution in [0, 0.1) is 6.92 Å². The molecule has 0 atom stereocenters. The molecule has 0 unspecified atom stereocenters. The molecule has 1 amide bonds. The fraction of sp³-hybridized carbons (Fsp3) is 0.133. The summed E-state index contributed by atoms with van der Waals surface area (Å²) in [5.74, 6) is -0.385. The highest BCUT2D eigenvalue weighted by Crippen LogP contribution is 2.50. The lowest BCUT2D eigenvalue weighted by Gasteiger charge is -2.20. The van der Waals surface area contributed by atoms with Gasteiger partial charge in [0.15, 0.2) is 11.5 Å². The van der Waals surface area contributed by atoms with E-state index in [9.17, 15) is 18.0 Å². The predicted octanol–water partition coefficient (Wildman–Crippen LogP) is 6.75. The summed E-state index contributed by atoms with van der Waals surface area (Å²) in [4.78, 5) is 24.9. The number of aromatic nitrogens is 4. The Hall–Kier alpha value is -5.39. The van der Waals surface area contributed by atoms with Crippen LogP contribution in [0.3, 0.4) is 0 Å². The van der Waals surface area contributed by atoms with Gasteiger partial charge in [-0.2, -0.15) is 0 Å². The molecule has 4 heterocycles. The second kappa shape index (κ2) is 10.2. The molecule has 2 N–H and O–H groups in total. The van der Waals surface area contributed by atoms with Crippen LogP contribution in [0.5, 0.6) is 17.4 Å². The van der Waals surface area contributed by atoms with Gasteiger partial charge in [-0.3, -0.25) is 4.79 Å². The van der Waals surface area contributed by atoms with Crippen LogP contribution in [-0.4, -0.2) is 31.8 Å². The summed E-state index contributed by atoms with van der Waals surface area (Å²) >= 11 is 0. The van der Waals surface area contributed by atoms with E-state index in [0.29, 0.717) is 45.1 Å². The van der Waals surface area contributed by atoms with E-state index in [4.69, 9.17) is 4.74 Å². The first-order chi connectivity index (χ1) is 20.1. The molecule has 3 aromatic heterocycles. The van der Waals surface area contributed by atoms with Gasteiger partial charge in [0, 0.05) is 42.2 Å². The highest BCUT2D eigenvalue weighted by atomic mass is 19.4. The molecule has 2 aromatic carbocycles. The van der Waals surface area contributed by atoms with Crippen LogP contribution in [0.25, 0.3) is 33.4 Å². The normalized spacial score (nSPS) is 12.2. The van der Waals surface area contributed by atoms with E-state index in [1.165, 1.54) is 18.5 Å². The standard InChI is InChI=1S/C30H23F3N6O3/c1-4-22(40)38-18-10-8-17(9-11-18)26-24-19-12-13-21(41-23-7-5-6-16(2)37-23)27(42-30(31,32)33)20(19)14-34-28-25(24)29(39(26)3)36-15-35-28/h4-13,15H,1,14H2,2-3H3,(H,38,40)(H,34,35,36). The number of hydrogen-bond donors (Lipinski definition) is 2. The molecule has 0 bridgehead atoms. The number of halogens is 3. The van der Waals surface area contributed by atoms with Gasteiger partial charge in [-0.15, -0.1) is 13.2 Å². The maximum Gasteiger partial charge on any atom is 0.573 e. The SMILES string of the molecule is C=CC(=O)Nc1ccc(-c2c3c4c(ncnc4n2C)NCc2c-3ccc(Oc3cccc(C)n3)c2OC(F)(F)F)cc1. The van der Waals surface area contributed by atoms with Gasteiger partial charge in [-0.25, -0.2) is 15.0 Å². The minimum atomic E-state index is -4.99. The molecule has 0 aliphatic carbocycles. The summed E-state index contributed by atoms with van der Waals surface area (Å²) in [6, 6.07) is 15.2. The smallest absolute Gasteiger partial charge is 0.435 e. The van der Waals surface area contributed by atoms with Gasteiger partial charge in [0.2, 0.25) is 11.8 Å². The molecule has 0 fully saturated rings. The van der Waals surface area contributed by atoms with Gasteiger partial charge in [-0.05, 0) is 54.5 Å². The number of rotatable bonds is 6. The second-order valence-electron chi connectivity index (χ2n) is 9.51. The maximum atomic E-state index is 13.8. The largest absolute Gasteiger partial charge is 0.573 e. The molecule has 0 saturated heterocycles. The van der Waals surface area contributed by atoms with Crippen molar-refractivity contribution in [1.29, 1.82) is 0 Å². The maximum absolute atomic E-state index is 13.8. The van der Waals surface area contributed by atoms with Crippen LogP contribution in [0.15, 0.2) is 73.6 Å². The third-order valence-electron chi connectivity index (χ3n) is 6.80. The third-order valence-corrected chi connectivity index (χ3v) is 6.80. The van der Waals surface area contributed by atoms with Crippen LogP contribution in [0.2, 0.25) is 0 Å². The van der Waals surface area contributed by atoms with Crippen LogP contribution in [-0.2, 0) is 18.4 Å². The highest BCUT2D eigenvalue weighted by molar-refractivity contribution is 6.10. The van der Waals surface area contributed by atoms with Gasteiger partial charge in [0.05, 0.1) is 11.1 Å². The van der Waals surface area contributed by atoms with E-state index in [1.807, 2.05) is 23.7 Å². The van der Waals surface area contributed by atoms with Crippen LogP contribution in [0.4, 0.5) is 24.7 Å². The van der Waals surface area contributed by atoms with Crippen molar-refractivity contribution in [1.82, 2.24) is 19.5 Å². The molecule has 212 valence electrons. The molecular formula is C30H23F3N6O3. The first-order valence-corrected chi connectivity index (χ1v) is 12.8. The number of carbonyl (C=O) groups excluding carboxylic acids is 1. The van der Waals surface area contributed by atoms with Gasteiger partial charge >= 0.3 is 6.36 Å². The zero-order valence-electron chi connectivity index (χ0n) is 22.4. The quantitative estimate of drug-likeness (QED) is 0.217. The number of benzene rings is 2. The van der Waals surface area contributed by atoms with Crippen molar-refractivity contribution in [2.24, 2.45) is 7.05 Å². The van der Waals surface area contributed by atoms with Gasteiger partial charge in [0.1, 0.15) is 17.8 Å². The Kier molecular flexibility index (Phi) is 6.52. The zero-order chi connectivity index (χ0) is 29.6. The number of carbonyl (C=O) groups is 1. The minimum absolute atomic E-state index is 0.0321. The molecule has 42 heavy (non-hydrogen) atoms. The molecule has 0 saturated carbocycles. The number of nitrogens with zero attached hydrogens (tertiary/aromatic N) is 4. The minimum Gasteiger partial charge on any atom is -0.435 e. The van der Waals surface area contributed by atoms with Gasteiger partial charge in [-0.1, -0.05) is 24.8 Å². The number of anilines is 2. The number of hydrogen-bond acceptors (Lipinski definition) is 7. The van der Waals surface area contributed by atoms with Crippen molar-refractivity contribution < 1.29 is 27.4 Å². The summed E-state index contributed by atoms with van der Waals surface area (Å²) in [7, 11) is 1.82. The Balaban J connectivity index is 1.57. The Morgan fingerprint density at radius 3 is 2.62 bits per heavy atom. The Bertz CT molecular complexity index is 1870. The highest BCUT2D eigenvalue weighted by Gasteiger charge is 2.36. The van der Waals surface area contributed by atoms with E-state index in [0.717, 1.165) is 5.56 Å². The number of ether oxygens (including phenoxy) is 2. The first-order valence-electron chi connectivity index (χ1n) is 12.8. The lowest BCUT2D eigenvalue weighted by Crippen LogP contribution is -2.19. The van der Waals surface area contributed by atoms with Crippen LogP contribution < -0.4 is 20.1 Å². The summed E-state index contributed by atoms with van der Waals surface area (Å²) in [5.41, 5.74) is 4.54. The molecule has 1 aliphatic rings. The molecule has 1 aliphatic heterocycles. The fourth-order valence-electron chi connectivity index (χ4n) is 5.08. The Labute approximate surface area is 237 Å². The lowest BCUT2D eigenvalue weighted by atomic mass is 9.94. The molecule has 0 radical (unpaired) electrons. The summed E-state index contributed by atoms with van der Waals surface area (Å²) in [6.07, 6.45) is -2.43. The number of alkyl halides is 3. The topological polar surface area (TPSA) is 103 Å². The van der Waals surface area contributed by atoms with Crippen molar-refractivity contribution in [2.45, 2.75) is 19.8 Å². The number of pyridine rings is 1. The van der Waals surface area contributed by atoms with Crippen molar-refractivity contribution >= 4 is 28.4 Å². The van der Waals surface area contributed by atoms with Gasteiger partial charge < -0.3 is 24.7 Å². The van der Waals surface area contributed by atoms with Crippen molar-refractivity contribution in [3.05, 3.63) is 84.8 Å². The summed E-state index contributed by atoms with van der Waals surface area (Å²) in [6.45, 7) is 5.18. The van der Waals surface area contributed by atoms with E-state index in [-0.39, 0.29) is 29.6 Å². The Morgan fingerprint density at radius 1 is 1.12 bits per heavy atom. The fourth-order valence-corrected chi connectivity index (χ4v) is 5.08. The summed E-state index contributed by atoms with van der Waals surface area (Å²) in [5, 5.41) is 6.51. The van der Waals surface area contributed by atoms with E-state index >= 15 is 0 Å². The lowest BCUT2D eigenvalue weighted by molar-refractivity contribution is -0.275. The van der Waals surface area contributed by atoms with Crippen molar-refractivity contribution in [3.63, 3.8) is 0 Å². The zero-order valence-corrected chi connectivity index (χ0v) is 22.4. The van der Waals surface area contributed by atoms with Crippen LogP contribution in [0.1, 0.15) is 11.3 Å². The number of aryl methyl sites for hydroxylation is 2. The molecule has 12 heteroatoms. The monoisotopic (exact) mass is 572 g/mol. The predicted molar refractivity (Wildman–Crippen MR) is 151 cm³/mol. The van der Waals surface area contributed by atoms with Crippen molar-refractivity contribution in [3.8, 4) is 39.8 Å². The van der Waals surface area contributed by atoms with E-state index in [2.05, 4.69) is 36.9 Å². The average Bonchev–Trinajstić information content (AvgIpc) is 3.14. The third kappa shape index (κ3) is 4.87. The number of fused-ring (bicyclic) bond motifs is 2. The van der Waals surface area contributed by atoms with Gasteiger partial charge in [0.25, 0.3) is 0 Å². The average molecular weight is 573 g/mol. The number of amides is 1. The number of nitrogens with one attached hydrogen (secondary N) is 2. The second-order valence-corrected chi connectivity index (χ2v) is 9.51. The van der Waals surface area contributed by atoms with Crippen molar-refractivity contribution in [2.75, 3.05) is 10.6 Å². The molecule has 0 spiro atoms.